The third-order valence-corrected chi connectivity index (χ3v) is 2.71. The number of carbonyl (C=O) groups excluding carboxylic acids is 2. The molecule has 0 atom stereocenters. The smallest absolute Gasteiger partial charge is 0.239 e. The van der Waals surface area contributed by atoms with Gasteiger partial charge in [0.1, 0.15) is 12.4 Å². The molecule has 21 heavy (non-hydrogen) atoms. The van der Waals surface area contributed by atoms with Crippen molar-refractivity contribution in [3.63, 3.8) is 0 Å². The monoisotopic (exact) mass is 315 g/mol. The van der Waals surface area contributed by atoms with Crippen LogP contribution in [-0.4, -0.2) is 38.1 Å². The lowest BCUT2D eigenvalue weighted by atomic mass is 10.1. The van der Waals surface area contributed by atoms with E-state index in [0.29, 0.717) is 13.2 Å². The Morgan fingerprint density at radius 2 is 1.76 bits per heavy atom. The van der Waals surface area contributed by atoms with Gasteiger partial charge in [-0.05, 0) is 25.0 Å². The zero-order chi connectivity index (χ0) is 15.0. The molecule has 2 amide bonds. The van der Waals surface area contributed by atoms with Crippen LogP contribution in [0.15, 0.2) is 18.2 Å². The molecule has 0 fully saturated rings. The van der Waals surface area contributed by atoms with Crippen LogP contribution in [-0.2, 0) is 9.59 Å². The Morgan fingerprint density at radius 3 is 2.33 bits per heavy atom. The number of rotatable bonds is 7. The molecule has 118 valence electrons. The van der Waals surface area contributed by atoms with E-state index in [9.17, 15) is 9.59 Å². The van der Waals surface area contributed by atoms with E-state index in [4.69, 9.17) is 10.5 Å². The van der Waals surface area contributed by atoms with E-state index >= 15 is 0 Å². The van der Waals surface area contributed by atoms with Gasteiger partial charge in [0, 0.05) is 0 Å². The molecule has 0 aliphatic heterocycles. The second kappa shape index (κ2) is 10.0. The first-order valence-electron chi connectivity index (χ1n) is 6.47. The van der Waals surface area contributed by atoms with Gasteiger partial charge in [0.25, 0.3) is 0 Å². The van der Waals surface area contributed by atoms with Crippen molar-refractivity contribution in [1.29, 1.82) is 0 Å². The van der Waals surface area contributed by atoms with E-state index in [-0.39, 0.29) is 37.3 Å². The Bertz CT molecular complexity index is 460. The molecule has 0 aliphatic rings. The molecule has 7 heteroatoms. The molecule has 4 N–H and O–H groups in total. The van der Waals surface area contributed by atoms with Crippen molar-refractivity contribution in [3.8, 4) is 5.75 Å². The highest BCUT2D eigenvalue weighted by atomic mass is 35.5. The average Bonchev–Trinajstić information content (AvgIpc) is 2.43. The summed E-state index contributed by atoms with van der Waals surface area (Å²) in [5.41, 5.74) is 7.23. The molecule has 0 unspecified atom stereocenters. The number of carbonyl (C=O) groups is 2. The number of ether oxygens (including phenoxy) is 1. The first-order chi connectivity index (χ1) is 9.54. The van der Waals surface area contributed by atoms with Crippen LogP contribution in [0.1, 0.15) is 11.1 Å². The van der Waals surface area contributed by atoms with Gasteiger partial charge >= 0.3 is 0 Å². The molecule has 0 spiro atoms. The number of hydrogen-bond donors (Lipinski definition) is 3. The minimum Gasteiger partial charge on any atom is -0.491 e. The van der Waals surface area contributed by atoms with E-state index in [2.05, 4.69) is 10.6 Å². The Balaban J connectivity index is 0.00000400. The molecule has 0 radical (unpaired) electrons. The summed E-state index contributed by atoms with van der Waals surface area (Å²) in [7, 11) is 0. The van der Waals surface area contributed by atoms with Crippen LogP contribution < -0.4 is 21.1 Å². The number of hydrogen-bond acceptors (Lipinski definition) is 4. The summed E-state index contributed by atoms with van der Waals surface area (Å²) >= 11 is 0. The van der Waals surface area contributed by atoms with Crippen molar-refractivity contribution in [1.82, 2.24) is 10.6 Å². The fourth-order valence-electron chi connectivity index (χ4n) is 1.68. The number of amides is 2. The standard InChI is InChI=1S/C14H21N3O3.ClH/c1-10-4-3-5-11(2)14(10)20-7-6-16-13(19)9-17-12(18)8-15;/h3-5H,6-9,15H2,1-2H3,(H,16,19)(H,17,18);1H. The van der Waals surface area contributed by atoms with Crippen LogP contribution in [0.5, 0.6) is 5.75 Å². The maximum absolute atomic E-state index is 11.4. The highest BCUT2D eigenvalue weighted by Gasteiger charge is 2.05. The third kappa shape index (κ3) is 6.97. The zero-order valence-electron chi connectivity index (χ0n) is 12.3. The first-order valence-corrected chi connectivity index (χ1v) is 6.47. The van der Waals surface area contributed by atoms with Crippen molar-refractivity contribution in [2.45, 2.75) is 13.8 Å². The van der Waals surface area contributed by atoms with E-state index in [1.54, 1.807) is 0 Å². The molecular formula is C14H22ClN3O3. The van der Waals surface area contributed by atoms with Gasteiger partial charge in [-0.1, -0.05) is 18.2 Å². The minimum absolute atomic E-state index is 0. The number of nitrogens with one attached hydrogen (secondary N) is 2. The van der Waals surface area contributed by atoms with Crippen molar-refractivity contribution in [2.75, 3.05) is 26.2 Å². The zero-order valence-corrected chi connectivity index (χ0v) is 13.1. The normalized spacial score (nSPS) is 9.48. The fourth-order valence-corrected chi connectivity index (χ4v) is 1.68. The molecule has 0 aliphatic carbocycles. The van der Waals surface area contributed by atoms with Gasteiger partial charge in [0.05, 0.1) is 19.6 Å². The highest BCUT2D eigenvalue weighted by molar-refractivity contribution is 5.85. The second-order valence-electron chi connectivity index (χ2n) is 4.40. The van der Waals surface area contributed by atoms with Crippen LogP contribution in [0.3, 0.4) is 0 Å². The number of para-hydroxylation sites is 1. The van der Waals surface area contributed by atoms with Crippen molar-refractivity contribution in [2.24, 2.45) is 5.73 Å². The third-order valence-electron chi connectivity index (χ3n) is 2.71. The van der Waals surface area contributed by atoms with Gasteiger partial charge in [-0.15, -0.1) is 12.4 Å². The minimum atomic E-state index is -0.355. The predicted molar refractivity (Wildman–Crippen MR) is 83.7 cm³/mol. The van der Waals surface area contributed by atoms with E-state index < -0.39 is 0 Å². The molecule has 1 rings (SSSR count). The van der Waals surface area contributed by atoms with Gasteiger partial charge in [-0.2, -0.15) is 0 Å². The summed E-state index contributed by atoms with van der Waals surface area (Å²) in [4.78, 5) is 22.3. The quantitative estimate of drug-likeness (QED) is 0.631. The summed E-state index contributed by atoms with van der Waals surface area (Å²) < 4.78 is 5.64. The van der Waals surface area contributed by atoms with Crippen molar-refractivity contribution >= 4 is 24.2 Å². The first kappa shape index (κ1) is 19.2. The van der Waals surface area contributed by atoms with Gasteiger partial charge < -0.3 is 21.1 Å². The topological polar surface area (TPSA) is 93.5 Å². The van der Waals surface area contributed by atoms with Crippen molar-refractivity contribution in [3.05, 3.63) is 29.3 Å². The van der Waals surface area contributed by atoms with Gasteiger partial charge in [0.15, 0.2) is 0 Å². The number of halogens is 1. The molecule has 0 saturated heterocycles. The summed E-state index contributed by atoms with van der Waals surface area (Å²) in [6, 6.07) is 5.92. The van der Waals surface area contributed by atoms with Gasteiger partial charge in [-0.25, -0.2) is 0 Å². The maximum Gasteiger partial charge on any atom is 0.239 e. The number of nitrogens with two attached hydrogens (primary N) is 1. The molecule has 1 aromatic rings. The van der Waals surface area contributed by atoms with Crippen LogP contribution in [0.4, 0.5) is 0 Å². The molecule has 0 bridgehead atoms. The summed E-state index contributed by atoms with van der Waals surface area (Å²) in [5, 5.41) is 5.04. The summed E-state index contributed by atoms with van der Waals surface area (Å²) in [6.45, 7) is 4.52. The largest absolute Gasteiger partial charge is 0.491 e. The van der Waals surface area contributed by atoms with E-state index in [1.165, 1.54) is 0 Å². The predicted octanol–water partition coefficient (Wildman–Crippen LogP) is 0.295. The molecule has 0 saturated carbocycles. The van der Waals surface area contributed by atoms with Crippen LogP contribution >= 0.6 is 12.4 Å². The summed E-state index contributed by atoms with van der Waals surface area (Å²) in [6.07, 6.45) is 0. The maximum atomic E-state index is 11.4. The van der Waals surface area contributed by atoms with Gasteiger partial charge in [-0.3, -0.25) is 9.59 Å². The lowest BCUT2D eigenvalue weighted by molar-refractivity contribution is -0.125. The van der Waals surface area contributed by atoms with Crippen molar-refractivity contribution < 1.29 is 14.3 Å². The Morgan fingerprint density at radius 1 is 1.14 bits per heavy atom. The average molecular weight is 316 g/mol. The summed E-state index contributed by atoms with van der Waals surface area (Å²) in [5.74, 6) is 0.224. The number of benzene rings is 1. The molecule has 0 heterocycles. The van der Waals surface area contributed by atoms with Gasteiger partial charge in [0.2, 0.25) is 11.8 Å². The molecular weight excluding hydrogens is 294 g/mol. The second-order valence-corrected chi connectivity index (χ2v) is 4.40. The Hall–Kier alpha value is -1.79. The lowest BCUT2D eigenvalue weighted by Crippen LogP contribution is -2.40. The Labute approximate surface area is 130 Å². The lowest BCUT2D eigenvalue weighted by Gasteiger charge is -2.12. The SMILES string of the molecule is Cc1cccc(C)c1OCCNC(=O)CNC(=O)CN.Cl. The molecule has 1 aromatic carbocycles. The van der Waals surface area contributed by atoms with Crippen LogP contribution in [0, 0.1) is 13.8 Å². The van der Waals surface area contributed by atoms with E-state index in [0.717, 1.165) is 16.9 Å². The van der Waals surface area contributed by atoms with E-state index in [1.807, 2.05) is 32.0 Å². The van der Waals surface area contributed by atoms with Crippen LogP contribution in [0.2, 0.25) is 0 Å². The number of aryl methyl sites for hydroxylation is 2. The van der Waals surface area contributed by atoms with Crippen LogP contribution in [0.25, 0.3) is 0 Å². The molecule has 6 nitrogen and oxygen atoms in total. The Kier molecular flexibility index (Phi) is 9.16. The highest BCUT2D eigenvalue weighted by Crippen LogP contribution is 2.21. The molecule has 0 aromatic heterocycles. The fraction of sp³-hybridized carbons (Fsp3) is 0.429.